The summed E-state index contributed by atoms with van der Waals surface area (Å²) in [7, 11) is -3.58. The fraction of sp³-hybridized carbons (Fsp3) is 0.900. The summed E-state index contributed by atoms with van der Waals surface area (Å²) in [6.45, 7) is 25.2. The summed E-state index contributed by atoms with van der Waals surface area (Å²) in [6, 6.07) is 0. The Balaban J connectivity index is 2.98. The number of hydrogen-bond acceptors (Lipinski definition) is 2. The van der Waals surface area contributed by atoms with E-state index < -0.39 is 16.6 Å². The summed E-state index contributed by atoms with van der Waals surface area (Å²) in [5, 5.41) is 1.37. The van der Waals surface area contributed by atoms with E-state index >= 15 is 0 Å². The molecule has 0 spiro atoms. The third-order valence-corrected chi connectivity index (χ3v) is 15.8. The highest BCUT2D eigenvalue weighted by Crippen LogP contribution is 2.43. The van der Waals surface area contributed by atoms with Crippen LogP contribution >= 0.6 is 11.6 Å². The molecule has 0 heterocycles. The van der Waals surface area contributed by atoms with E-state index in [1.54, 1.807) is 0 Å². The van der Waals surface area contributed by atoms with Gasteiger partial charge in [-0.1, -0.05) is 58.7 Å². The summed E-state index contributed by atoms with van der Waals surface area (Å²) in [6.07, 6.45) is 3.37. The molecule has 1 rings (SSSR count). The van der Waals surface area contributed by atoms with Gasteiger partial charge in [0.2, 0.25) is 0 Å². The topological polar surface area (TPSA) is 18.5 Å². The maximum absolute atomic E-state index is 6.74. The van der Waals surface area contributed by atoms with Gasteiger partial charge >= 0.3 is 0 Å². The van der Waals surface area contributed by atoms with Crippen LogP contribution in [-0.4, -0.2) is 28.8 Å². The van der Waals surface area contributed by atoms with Gasteiger partial charge in [0.05, 0.1) is 12.2 Å². The minimum absolute atomic E-state index is 0.222. The normalized spacial score (nSPS) is 23.8. The standard InChI is InChI=1S/C20H41ClO2Si2/c1-15(21)16-12-17(22-24(8,9)19(2,3)4)14-18(13-16)23-25(10,11)20(5,6)7/h17-18H,12-14H2,1-11H3. The van der Waals surface area contributed by atoms with Gasteiger partial charge in [0.15, 0.2) is 16.6 Å². The third-order valence-electron chi connectivity index (χ3n) is 6.50. The lowest BCUT2D eigenvalue weighted by atomic mass is 9.90. The molecule has 0 aromatic carbocycles. The van der Waals surface area contributed by atoms with Crippen LogP contribution in [0.25, 0.3) is 0 Å². The molecular formula is C20H41ClO2Si2. The average Bonchev–Trinajstić information content (AvgIpc) is 2.34. The van der Waals surface area contributed by atoms with Gasteiger partial charge in [0.1, 0.15) is 0 Å². The van der Waals surface area contributed by atoms with Crippen LogP contribution in [0.3, 0.4) is 0 Å². The lowest BCUT2D eigenvalue weighted by Gasteiger charge is -2.45. The van der Waals surface area contributed by atoms with E-state index in [1.165, 1.54) is 5.57 Å². The Morgan fingerprint density at radius 2 is 1.16 bits per heavy atom. The molecule has 0 aromatic rings. The quantitative estimate of drug-likeness (QED) is 0.452. The maximum atomic E-state index is 6.74. The minimum atomic E-state index is -1.79. The Bertz CT molecular complexity index is 457. The molecule has 2 nitrogen and oxygen atoms in total. The summed E-state index contributed by atoms with van der Waals surface area (Å²) in [4.78, 5) is 0. The van der Waals surface area contributed by atoms with E-state index in [0.29, 0.717) is 0 Å². The zero-order chi connectivity index (χ0) is 19.8. The predicted molar refractivity (Wildman–Crippen MR) is 117 cm³/mol. The highest BCUT2D eigenvalue weighted by atomic mass is 35.5. The Morgan fingerprint density at radius 1 is 0.840 bits per heavy atom. The molecule has 2 unspecified atom stereocenters. The predicted octanol–water partition coefficient (Wildman–Crippen LogP) is 7.46. The van der Waals surface area contributed by atoms with E-state index in [2.05, 4.69) is 67.7 Å². The van der Waals surface area contributed by atoms with Crippen molar-refractivity contribution in [3.63, 3.8) is 0 Å². The van der Waals surface area contributed by atoms with Crippen LogP contribution in [0, 0.1) is 0 Å². The monoisotopic (exact) mass is 404 g/mol. The molecule has 0 saturated heterocycles. The highest BCUT2D eigenvalue weighted by molar-refractivity contribution is 6.74. The Morgan fingerprint density at radius 3 is 1.40 bits per heavy atom. The van der Waals surface area contributed by atoms with Crippen molar-refractivity contribution in [3.8, 4) is 0 Å². The van der Waals surface area contributed by atoms with E-state index in [-0.39, 0.29) is 22.3 Å². The minimum Gasteiger partial charge on any atom is -0.414 e. The first-order valence-electron chi connectivity index (χ1n) is 9.66. The van der Waals surface area contributed by atoms with Crippen LogP contribution in [-0.2, 0) is 8.85 Å². The Hall–Kier alpha value is 0.384. The molecular weight excluding hydrogens is 364 g/mol. The summed E-state index contributed by atoms with van der Waals surface area (Å²) in [5.74, 6) is 0. The van der Waals surface area contributed by atoms with Crippen LogP contribution in [0.2, 0.25) is 36.3 Å². The van der Waals surface area contributed by atoms with Gasteiger partial charge in [-0.15, -0.1) is 0 Å². The molecule has 1 fully saturated rings. The maximum Gasteiger partial charge on any atom is 0.192 e. The molecule has 0 amide bonds. The molecule has 0 aliphatic heterocycles. The van der Waals surface area contributed by atoms with Crippen molar-refractivity contribution in [1.29, 1.82) is 0 Å². The van der Waals surface area contributed by atoms with E-state index in [0.717, 1.165) is 24.3 Å². The largest absolute Gasteiger partial charge is 0.414 e. The van der Waals surface area contributed by atoms with Crippen molar-refractivity contribution in [2.45, 2.75) is 116 Å². The second kappa shape index (κ2) is 7.79. The average molecular weight is 405 g/mol. The van der Waals surface area contributed by atoms with Gasteiger partial charge in [0.25, 0.3) is 0 Å². The van der Waals surface area contributed by atoms with E-state index in [9.17, 15) is 0 Å². The fourth-order valence-electron chi connectivity index (χ4n) is 2.74. The van der Waals surface area contributed by atoms with Crippen molar-refractivity contribution in [1.82, 2.24) is 0 Å². The molecule has 0 radical (unpaired) electrons. The lowest BCUT2D eigenvalue weighted by Crippen LogP contribution is -2.49. The Kier molecular flexibility index (Phi) is 7.29. The van der Waals surface area contributed by atoms with Gasteiger partial charge in [-0.05, 0) is 62.5 Å². The van der Waals surface area contributed by atoms with Crippen LogP contribution in [0.1, 0.15) is 67.7 Å². The van der Waals surface area contributed by atoms with Crippen molar-refractivity contribution < 1.29 is 8.85 Å². The smallest absolute Gasteiger partial charge is 0.192 e. The second-order valence-corrected chi connectivity index (χ2v) is 20.9. The zero-order valence-electron chi connectivity index (χ0n) is 18.5. The van der Waals surface area contributed by atoms with Gasteiger partial charge in [-0.3, -0.25) is 0 Å². The number of allylic oxidation sites excluding steroid dienone is 1. The number of rotatable bonds is 4. The van der Waals surface area contributed by atoms with Crippen molar-refractivity contribution in [3.05, 3.63) is 10.6 Å². The highest BCUT2D eigenvalue weighted by Gasteiger charge is 2.43. The number of halogens is 1. The molecule has 2 atom stereocenters. The van der Waals surface area contributed by atoms with Gasteiger partial charge in [-0.2, -0.15) is 0 Å². The van der Waals surface area contributed by atoms with Gasteiger partial charge in [0, 0.05) is 5.03 Å². The van der Waals surface area contributed by atoms with Gasteiger partial charge < -0.3 is 8.85 Å². The van der Waals surface area contributed by atoms with E-state index in [4.69, 9.17) is 20.5 Å². The van der Waals surface area contributed by atoms with Crippen molar-refractivity contribution >= 4 is 28.2 Å². The molecule has 1 aliphatic rings. The first-order valence-corrected chi connectivity index (χ1v) is 15.9. The molecule has 0 bridgehead atoms. The summed E-state index contributed by atoms with van der Waals surface area (Å²) in [5.41, 5.74) is 1.32. The zero-order valence-corrected chi connectivity index (χ0v) is 21.2. The van der Waals surface area contributed by atoms with Crippen LogP contribution in [0.4, 0.5) is 0 Å². The van der Waals surface area contributed by atoms with Gasteiger partial charge in [-0.25, -0.2) is 0 Å². The summed E-state index contributed by atoms with van der Waals surface area (Å²) >= 11 is 6.40. The molecule has 0 aromatic heterocycles. The molecule has 1 saturated carbocycles. The summed E-state index contributed by atoms with van der Waals surface area (Å²) < 4.78 is 13.5. The Labute approximate surface area is 164 Å². The molecule has 1 aliphatic carbocycles. The van der Waals surface area contributed by atoms with Crippen LogP contribution < -0.4 is 0 Å². The van der Waals surface area contributed by atoms with E-state index in [1.807, 2.05) is 6.92 Å². The molecule has 148 valence electrons. The lowest BCUT2D eigenvalue weighted by molar-refractivity contribution is 0.0723. The van der Waals surface area contributed by atoms with Crippen LogP contribution in [0.15, 0.2) is 10.6 Å². The second-order valence-electron chi connectivity index (χ2n) is 10.8. The molecule has 25 heavy (non-hydrogen) atoms. The number of hydrogen-bond donors (Lipinski definition) is 0. The SMILES string of the molecule is CC(Cl)=C1CC(O[Si](C)(C)C(C)(C)C)CC(O[Si](C)(C)C(C)(C)C)C1. The fourth-order valence-corrected chi connectivity index (χ4v) is 5.63. The molecule has 5 heteroatoms. The first-order chi connectivity index (χ1) is 11.0. The van der Waals surface area contributed by atoms with Crippen molar-refractivity contribution in [2.24, 2.45) is 0 Å². The van der Waals surface area contributed by atoms with Crippen LogP contribution in [0.5, 0.6) is 0 Å². The third kappa shape index (κ3) is 6.20. The molecule has 0 N–H and O–H groups in total. The van der Waals surface area contributed by atoms with Crippen molar-refractivity contribution in [2.75, 3.05) is 0 Å². The first kappa shape index (κ1) is 23.4.